The van der Waals surface area contributed by atoms with Crippen molar-refractivity contribution in [3.63, 3.8) is 0 Å². The topological polar surface area (TPSA) is 418 Å². The molecule has 0 aromatic heterocycles. The van der Waals surface area contributed by atoms with Crippen LogP contribution in [0.25, 0.3) is 10.8 Å². The Balaban J connectivity index is 1.66. The highest BCUT2D eigenvalue weighted by Crippen LogP contribution is 2.47. The molecule has 68 heavy (non-hydrogen) atoms. The van der Waals surface area contributed by atoms with Crippen LogP contribution in [0.5, 0.6) is 11.5 Å². The number of nitrogen functional groups attached to an aromatic ring is 2. The van der Waals surface area contributed by atoms with Crippen LogP contribution in [0.4, 0.5) is 45.5 Å². The SMILES string of the molecule is COc1ccc(S(=O)(=O)CCOSOOO)cc1N=Nc1cc(N=Nc2cc(SOOO)c3cccc(S(=O)(=O)O)c3c2)c(N)c(N=Nc2cc(S(=O)(=O)CCOS(=O)(=O)O)ccc2OC)c1N. The molecular formula is C34H34N8O20S6. The zero-order chi connectivity index (χ0) is 49.9. The van der Waals surface area contributed by atoms with Crippen molar-refractivity contribution < 1.29 is 89.9 Å². The van der Waals surface area contributed by atoms with E-state index in [9.17, 15) is 38.2 Å². The summed E-state index contributed by atoms with van der Waals surface area (Å²) < 4.78 is 146. The molecule has 0 fully saturated rings. The molecule has 0 atom stereocenters. The highest BCUT2D eigenvalue weighted by Gasteiger charge is 2.22. The van der Waals surface area contributed by atoms with E-state index in [1.807, 2.05) is 0 Å². The minimum absolute atomic E-state index is 0.0284. The molecule has 0 aliphatic carbocycles. The first-order valence-corrected chi connectivity index (χ1v) is 25.5. The van der Waals surface area contributed by atoms with Gasteiger partial charge in [-0.2, -0.15) is 21.9 Å². The van der Waals surface area contributed by atoms with Crippen molar-refractivity contribution in [3.8, 4) is 11.5 Å². The van der Waals surface area contributed by atoms with E-state index in [0.29, 0.717) is 12.0 Å². The first-order valence-electron chi connectivity index (χ1n) is 18.0. The predicted octanol–water partition coefficient (Wildman–Crippen LogP) is 7.31. The summed E-state index contributed by atoms with van der Waals surface area (Å²) in [6, 6.07) is 14.6. The minimum Gasteiger partial charge on any atom is -0.494 e. The number of nitrogens with two attached hydrogens (primary N) is 2. The normalized spacial score (nSPS) is 12.8. The smallest absolute Gasteiger partial charge is 0.397 e. The molecular weight excluding hydrogens is 1030 g/mol. The number of benzene rings is 5. The fraction of sp³-hybridized carbons (Fsp3) is 0.176. The van der Waals surface area contributed by atoms with Gasteiger partial charge in [0.05, 0.1) is 77.8 Å². The van der Waals surface area contributed by atoms with E-state index in [0.717, 1.165) is 24.3 Å². The molecule has 0 bridgehead atoms. The van der Waals surface area contributed by atoms with Gasteiger partial charge in [-0.3, -0.25) is 13.3 Å². The average Bonchev–Trinajstić information content (AvgIpc) is 3.28. The van der Waals surface area contributed by atoms with E-state index in [2.05, 4.69) is 53.6 Å². The molecule has 8 N–H and O–H groups in total. The van der Waals surface area contributed by atoms with Gasteiger partial charge in [-0.1, -0.05) is 22.2 Å². The number of ether oxygens (including phenoxy) is 2. The summed E-state index contributed by atoms with van der Waals surface area (Å²) in [5.41, 5.74) is 11.0. The second-order valence-electron chi connectivity index (χ2n) is 12.8. The van der Waals surface area contributed by atoms with Crippen molar-refractivity contribution in [2.45, 2.75) is 19.6 Å². The average molecular weight is 1070 g/mol. The van der Waals surface area contributed by atoms with Crippen LogP contribution in [0.3, 0.4) is 0 Å². The van der Waals surface area contributed by atoms with Crippen LogP contribution in [-0.2, 0) is 67.3 Å². The molecule has 0 heterocycles. The fourth-order valence-electron chi connectivity index (χ4n) is 5.56. The van der Waals surface area contributed by atoms with Crippen molar-refractivity contribution >= 4 is 121 Å². The van der Waals surface area contributed by atoms with Gasteiger partial charge in [0.25, 0.3) is 10.1 Å². The van der Waals surface area contributed by atoms with Crippen molar-refractivity contribution in [3.05, 3.63) is 72.8 Å². The van der Waals surface area contributed by atoms with Crippen LogP contribution in [0.1, 0.15) is 0 Å². The van der Waals surface area contributed by atoms with Gasteiger partial charge in [-0.25, -0.2) is 31.5 Å². The number of rotatable bonds is 24. The third-order valence-electron chi connectivity index (χ3n) is 8.61. The predicted molar refractivity (Wildman–Crippen MR) is 238 cm³/mol. The van der Waals surface area contributed by atoms with E-state index in [-0.39, 0.29) is 89.9 Å². The lowest BCUT2D eigenvalue weighted by atomic mass is 10.1. The van der Waals surface area contributed by atoms with Crippen LogP contribution in [0, 0.1) is 0 Å². The number of hydrogen-bond donors (Lipinski definition) is 6. The molecule has 0 spiro atoms. The quantitative estimate of drug-likeness (QED) is 0.00670. The van der Waals surface area contributed by atoms with Crippen molar-refractivity contribution in [1.29, 1.82) is 0 Å². The number of methoxy groups -OCH3 is 2. The monoisotopic (exact) mass is 1070 g/mol. The summed E-state index contributed by atoms with van der Waals surface area (Å²) >= 11 is 0.615. The second-order valence-corrected chi connectivity index (χ2v) is 20.7. The maximum absolute atomic E-state index is 13.1. The molecule has 0 unspecified atom stereocenters. The maximum Gasteiger partial charge on any atom is 0.397 e. The van der Waals surface area contributed by atoms with Crippen LogP contribution >= 0.6 is 24.4 Å². The molecule has 5 rings (SSSR count). The van der Waals surface area contributed by atoms with E-state index in [1.54, 1.807) is 0 Å². The van der Waals surface area contributed by atoms with E-state index < -0.39 is 74.7 Å². The van der Waals surface area contributed by atoms with Crippen molar-refractivity contribution in [2.75, 3.05) is 50.4 Å². The zero-order valence-electron chi connectivity index (χ0n) is 34.4. The molecule has 0 radical (unpaired) electrons. The van der Waals surface area contributed by atoms with Gasteiger partial charge in [0.1, 0.15) is 44.8 Å². The van der Waals surface area contributed by atoms with Crippen LogP contribution in [-0.4, -0.2) is 92.2 Å². The lowest BCUT2D eigenvalue weighted by Crippen LogP contribution is -2.15. The number of hydrogen-bond acceptors (Lipinski definition) is 28. The largest absolute Gasteiger partial charge is 0.494 e. The highest BCUT2D eigenvalue weighted by atomic mass is 32.3. The Kier molecular flexibility index (Phi) is 18.2. The Morgan fingerprint density at radius 1 is 0.603 bits per heavy atom. The van der Waals surface area contributed by atoms with Crippen LogP contribution in [0.15, 0.2) is 123 Å². The van der Waals surface area contributed by atoms with E-state index >= 15 is 0 Å². The zero-order valence-corrected chi connectivity index (χ0v) is 39.3. The van der Waals surface area contributed by atoms with Gasteiger partial charge < -0.3 is 20.9 Å². The van der Waals surface area contributed by atoms with Gasteiger partial charge in [0, 0.05) is 10.3 Å². The lowest BCUT2D eigenvalue weighted by Gasteiger charge is -2.11. The minimum atomic E-state index is -4.95. The third-order valence-corrected chi connectivity index (χ3v) is 14.4. The number of anilines is 2. The van der Waals surface area contributed by atoms with Crippen LogP contribution < -0.4 is 20.9 Å². The molecule has 34 heteroatoms. The van der Waals surface area contributed by atoms with Gasteiger partial charge in [-0.05, 0) is 66.0 Å². The molecule has 366 valence electrons. The number of fused-ring (bicyclic) bond motifs is 1. The van der Waals surface area contributed by atoms with Gasteiger partial charge in [-0.15, -0.1) is 34.2 Å². The molecule has 0 aliphatic rings. The number of nitrogens with zero attached hydrogens (tertiary/aromatic N) is 6. The Hall–Kier alpha value is -5.54. The van der Waals surface area contributed by atoms with E-state index in [1.165, 1.54) is 62.8 Å². The molecule has 0 amide bonds. The first kappa shape index (κ1) is 53.4. The molecule has 0 saturated carbocycles. The summed E-state index contributed by atoms with van der Waals surface area (Å²) in [4.78, 5) is -1.07. The van der Waals surface area contributed by atoms with Gasteiger partial charge >= 0.3 is 10.4 Å². The summed E-state index contributed by atoms with van der Waals surface area (Å²) in [6.45, 7) is -1.33. The summed E-state index contributed by atoms with van der Waals surface area (Å²) in [7, 11) is -15.6. The summed E-state index contributed by atoms with van der Waals surface area (Å²) in [5, 5.41) is 49.2. The summed E-state index contributed by atoms with van der Waals surface area (Å²) in [5.74, 6) is -1.44. The lowest BCUT2D eigenvalue weighted by molar-refractivity contribution is -0.434. The molecule has 0 aliphatic heterocycles. The summed E-state index contributed by atoms with van der Waals surface area (Å²) in [6.07, 6.45) is 0. The Labute approximate surface area is 393 Å². The first-order chi connectivity index (χ1) is 32.1. The van der Waals surface area contributed by atoms with Crippen molar-refractivity contribution in [2.24, 2.45) is 30.7 Å². The van der Waals surface area contributed by atoms with Gasteiger partial charge in [0.15, 0.2) is 32.0 Å². The molecule has 5 aromatic carbocycles. The van der Waals surface area contributed by atoms with Crippen LogP contribution in [0.2, 0.25) is 0 Å². The Morgan fingerprint density at radius 3 is 1.69 bits per heavy atom. The standard InChI is InChI=1S/C34H34N8O20S6/c1-55-28-8-6-20(65(45,46)12-10-57-64-62-60-44)16-24(28)38-41-27-18-26(40-37-19-14-23-22(30(15-19)63-61-59-43)4-3-5-31(23)67(49,50)51)32(35)34(33(27)36)42-39-25-17-21(7-9-29(25)56-2)66(47,48)13-11-58-68(52,53)54/h3-9,14-18,43-44H,10-13,35-36H2,1-2H3,(H,49,50,51)(H,52,53,54). The maximum atomic E-state index is 13.1. The number of azo groups is 3. The second kappa shape index (κ2) is 23.2. The number of sulfone groups is 2. The highest BCUT2D eigenvalue weighted by molar-refractivity contribution is 7.94. The third kappa shape index (κ3) is 14.0. The Morgan fingerprint density at radius 2 is 1.15 bits per heavy atom. The molecule has 28 nitrogen and oxygen atoms in total. The fourth-order valence-corrected chi connectivity index (χ4v) is 9.73. The molecule has 5 aromatic rings. The van der Waals surface area contributed by atoms with E-state index in [4.69, 9.17) is 40.2 Å². The Bertz CT molecular complexity index is 3220. The van der Waals surface area contributed by atoms with Gasteiger partial charge in [0.2, 0.25) is 0 Å². The molecule has 0 saturated heterocycles. The van der Waals surface area contributed by atoms with Crippen molar-refractivity contribution in [1.82, 2.24) is 0 Å².